The lowest BCUT2D eigenvalue weighted by molar-refractivity contribution is -0.138. The number of hydrogen-bond donors (Lipinski definition) is 1. The summed E-state index contributed by atoms with van der Waals surface area (Å²) in [4.78, 5) is 19.0. The van der Waals surface area contributed by atoms with E-state index in [1.54, 1.807) is 30.8 Å². The number of hydrogen-bond acceptors (Lipinski definition) is 4. The highest BCUT2D eigenvalue weighted by molar-refractivity contribution is 5.76. The van der Waals surface area contributed by atoms with Crippen LogP contribution in [-0.4, -0.2) is 30.8 Å². The molecule has 0 aliphatic heterocycles. The molecule has 2 aromatic heterocycles. The van der Waals surface area contributed by atoms with E-state index < -0.39 is 11.9 Å². The van der Waals surface area contributed by atoms with Gasteiger partial charge in [0, 0.05) is 23.5 Å². The van der Waals surface area contributed by atoms with E-state index in [1.165, 1.54) is 6.33 Å². The van der Waals surface area contributed by atoms with E-state index in [2.05, 4.69) is 15.1 Å². The molecule has 94 valence electrons. The maximum atomic E-state index is 11.1. The van der Waals surface area contributed by atoms with Gasteiger partial charge in [-0.2, -0.15) is 5.10 Å². The predicted octanol–water partition coefficient (Wildman–Crippen LogP) is 1.47. The maximum absolute atomic E-state index is 11.1. The smallest absolute Gasteiger partial charge is 0.310 e. The van der Waals surface area contributed by atoms with Crippen LogP contribution in [0.4, 0.5) is 0 Å². The van der Waals surface area contributed by atoms with Crippen molar-refractivity contribution in [2.24, 2.45) is 0 Å². The molecule has 18 heavy (non-hydrogen) atoms. The Balaban J connectivity index is 2.54. The van der Waals surface area contributed by atoms with Gasteiger partial charge in [0.1, 0.15) is 6.33 Å². The Kier molecular flexibility index (Phi) is 3.10. The Morgan fingerprint density at radius 1 is 1.44 bits per heavy atom. The molecule has 0 fully saturated rings. The van der Waals surface area contributed by atoms with Crippen LogP contribution in [0.3, 0.4) is 0 Å². The summed E-state index contributed by atoms with van der Waals surface area (Å²) in [6.45, 7) is 5.31. The van der Waals surface area contributed by atoms with E-state index in [4.69, 9.17) is 5.11 Å². The SMILES string of the molecule is Cc1nn(-c2ccncn2)c(C)c1C(C)C(=O)O. The van der Waals surface area contributed by atoms with Crippen molar-refractivity contribution in [3.8, 4) is 5.82 Å². The Bertz CT molecular complexity index is 577. The van der Waals surface area contributed by atoms with Crippen molar-refractivity contribution in [3.05, 3.63) is 35.5 Å². The van der Waals surface area contributed by atoms with Gasteiger partial charge < -0.3 is 5.11 Å². The predicted molar refractivity (Wildman–Crippen MR) is 64.7 cm³/mol. The van der Waals surface area contributed by atoms with E-state index in [-0.39, 0.29) is 0 Å². The number of carbonyl (C=O) groups is 1. The summed E-state index contributed by atoms with van der Waals surface area (Å²) in [5.41, 5.74) is 2.24. The topological polar surface area (TPSA) is 80.9 Å². The monoisotopic (exact) mass is 246 g/mol. The first-order valence-corrected chi connectivity index (χ1v) is 5.57. The average molecular weight is 246 g/mol. The average Bonchev–Trinajstić information content (AvgIpc) is 2.65. The van der Waals surface area contributed by atoms with Crippen molar-refractivity contribution in [1.82, 2.24) is 19.7 Å². The van der Waals surface area contributed by atoms with Gasteiger partial charge in [0.15, 0.2) is 5.82 Å². The molecule has 0 bridgehead atoms. The fourth-order valence-corrected chi connectivity index (χ4v) is 2.04. The molecule has 0 aliphatic carbocycles. The maximum Gasteiger partial charge on any atom is 0.310 e. The summed E-state index contributed by atoms with van der Waals surface area (Å²) in [7, 11) is 0. The van der Waals surface area contributed by atoms with Crippen molar-refractivity contribution in [2.75, 3.05) is 0 Å². The largest absolute Gasteiger partial charge is 0.481 e. The number of rotatable bonds is 3. The lowest BCUT2D eigenvalue weighted by Crippen LogP contribution is -2.10. The fraction of sp³-hybridized carbons (Fsp3) is 0.333. The summed E-state index contributed by atoms with van der Waals surface area (Å²) in [5, 5.41) is 13.4. The molecule has 2 aromatic rings. The highest BCUT2D eigenvalue weighted by Gasteiger charge is 2.23. The molecule has 6 nitrogen and oxygen atoms in total. The summed E-state index contributed by atoms with van der Waals surface area (Å²) >= 11 is 0. The molecule has 6 heteroatoms. The zero-order valence-electron chi connectivity index (χ0n) is 10.5. The van der Waals surface area contributed by atoms with Crippen LogP contribution in [-0.2, 0) is 4.79 Å². The summed E-state index contributed by atoms with van der Waals surface area (Å²) in [5.74, 6) is -0.807. The minimum absolute atomic E-state index is 0.583. The van der Waals surface area contributed by atoms with Crippen LogP contribution >= 0.6 is 0 Å². The molecule has 0 aliphatic rings. The molecule has 1 unspecified atom stereocenters. The van der Waals surface area contributed by atoms with E-state index in [9.17, 15) is 4.79 Å². The van der Waals surface area contributed by atoms with Gasteiger partial charge >= 0.3 is 5.97 Å². The van der Waals surface area contributed by atoms with Gasteiger partial charge in [0.05, 0.1) is 11.6 Å². The highest BCUT2D eigenvalue weighted by Crippen LogP contribution is 2.24. The number of aliphatic carboxylic acids is 1. The molecule has 2 heterocycles. The van der Waals surface area contributed by atoms with Crippen LogP contribution in [0.1, 0.15) is 29.8 Å². The van der Waals surface area contributed by atoms with Crippen molar-refractivity contribution >= 4 is 5.97 Å². The number of aromatic nitrogens is 4. The van der Waals surface area contributed by atoms with Gasteiger partial charge in [0.2, 0.25) is 0 Å². The fourth-order valence-electron chi connectivity index (χ4n) is 2.04. The Hall–Kier alpha value is -2.24. The minimum atomic E-state index is -0.858. The Labute approximate surface area is 104 Å². The standard InChI is InChI=1S/C12H14N4O2/c1-7(12(17)18)11-8(2)15-16(9(11)3)10-4-5-13-6-14-10/h4-7H,1-3H3,(H,17,18). The van der Waals surface area contributed by atoms with Crippen LogP contribution < -0.4 is 0 Å². The van der Waals surface area contributed by atoms with E-state index in [0.717, 1.165) is 11.3 Å². The molecule has 2 rings (SSSR count). The first-order chi connectivity index (χ1) is 8.52. The van der Waals surface area contributed by atoms with Gasteiger partial charge in [0.25, 0.3) is 0 Å². The van der Waals surface area contributed by atoms with Crippen molar-refractivity contribution in [3.63, 3.8) is 0 Å². The van der Waals surface area contributed by atoms with Crippen molar-refractivity contribution in [2.45, 2.75) is 26.7 Å². The van der Waals surface area contributed by atoms with Crippen molar-refractivity contribution in [1.29, 1.82) is 0 Å². The molecule has 0 saturated heterocycles. The molecule has 0 spiro atoms. The summed E-state index contributed by atoms with van der Waals surface area (Å²) in [6.07, 6.45) is 3.06. The van der Waals surface area contributed by atoms with Gasteiger partial charge in [-0.05, 0) is 20.8 Å². The number of nitrogens with zero attached hydrogens (tertiary/aromatic N) is 4. The van der Waals surface area contributed by atoms with Gasteiger partial charge in [-0.25, -0.2) is 14.6 Å². The second-order valence-electron chi connectivity index (χ2n) is 4.12. The minimum Gasteiger partial charge on any atom is -0.481 e. The van der Waals surface area contributed by atoms with Crippen LogP contribution in [0, 0.1) is 13.8 Å². The van der Waals surface area contributed by atoms with E-state index >= 15 is 0 Å². The van der Waals surface area contributed by atoms with E-state index in [0.29, 0.717) is 11.5 Å². The van der Waals surface area contributed by atoms with Gasteiger partial charge in [-0.1, -0.05) is 0 Å². The van der Waals surface area contributed by atoms with Crippen LogP contribution in [0.2, 0.25) is 0 Å². The number of aryl methyl sites for hydroxylation is 1. The lowest BCUT2D eigenvalue weighted by atomic mass is 9.99. The number of carboxylic acids is 1. The zero-order valence-corrected chi connectivity index (χ0v) is 10.5. The quantitative estimate of drug-likeness (QED) is 0.886. The molecule has 0 amide bonds. The molecule has 1 atom stereocenters. The van der Waals surface area contributed by atoms with E-state index in [1.807, 2.05) is 6.92 Å². The molecule has 1 N–H and O–H groups in total. The molecule has 0 radical (unpaired) electrons. The van der Waals surface area contributed by atoms with Crippen molar-refractivity contribution < 1.29 is 9.90 Å². The lowest BCUT2D eigenvalue weighted by Gasteiger charge is -2.07. The normalized spacial score (nSPS) is 12.4. The van der Waals surface area contributed by atoms with Crippen LogP contribution in [0.5, 0.6) is 0 Å². The molecule has 0 aromatic carbocycles. The first-order valence-electron chi connectivity index (χ1n) is 5.57. The van der Waals surface area contributed by atoms with Gasteiger partial charge in [-0.15, -0.1) is 0 Å². The Morgan fingerprint density at radius 3 is 2.72 bits per heavy atom. The highest BCUT2D eigenvalue weighted by atomic mass is 16.4. The third kappa shape index (κ3) is 1.97. The molecule has 0 saturated carbocycles. The second-order valence-corrected chi connectivity index (χ2v) is 4.12. The zero-order chi connectivity index (χ0) is 13.3. The Morgan fingerprint density at radius 2 is 2.17 bits per heavy atom. The summed E-state index contributed by atoms with van der Waals surface area (Å²) < 4.78 is 1.64. The first kappa shape index (κ1) is 12.2. The second kappa shape index (κ2) is 4.56. The third-order valence-electron chi connectivity index (χ3n) is 2.93. The van der Waals surface area contributed by atoms with Crippen LogP contribution in [0.15, 0.2) is 18.6 Å². The number of carboxylic acid groups (broad SMARTS) is 1. The molecular formula is C12H14N4O2. The van der Waals surface area contributed by atoms with Crippen LogP contribution in [0.25, 0.3) is 5.82 Å². The molecular weight excluding hydrogens is 232 g/mol. The summed E-state index contributed by atoms with van der Waals surface area (Å²) in [6, 6.07) is 1.73. The third-order valence-corrected chi connectivity index (χ3v) is 2.93. The van der Waals surface area contributed by atoms with Gasteiger partial charge in [-0.3, -0.25) is 4.79 Å².